The molecule has 2 amide bonds. The second-order valence-electron chi connectivity index (χ2n) is 4.98. The first-order chi connectivity index (χ1) is 11.7. The van der Waals surface area contributed by atoms with Crippen molar-refractivity contribution in [3.05, 3.63) is 42.1 Å². The number of esters is 1. The summed E-state index contributed by atoms with van der Waals surface area (Å²) in [6.07, 6.45) is 0.669. The van der Waals surface area contributed by atoms with Crippen molar-refractivity contribution in [3.63, 3.8) is 0 Å². The highest BCUT2D eigenvalue weighted by Gasteiger charge is 2.19. The molecule has 1 heterocycles. The molecule has 0 saturated heterocycles. The van der Waals surface area contributed by atoms with Crippen LogP contribution in [0.5, 0.6) is 0 Å². The SMILES string of the molecule is CCOC(=O)c1[nH]c(-c2ccccc2)cc1NC(=O)NCCCCl. The maximum absolute atomic E-state index is 12.1. The van der Waals surface area contributed by atoms with Gasteiger partial charge in [-0.25, -0.2) is 9.59 Å². The lowest BCUT2D eigenvalue weighted by molar-refractivity contribution is 0.0521. The van der Waals surface area contributed by atoms with Crippen LogP contribution in [0.1, 0.15) is 23.8 Å². The first-order valence-electron chi connectivity index (χ1n) is 7.72. The number of carbonyl (C=O) groups excluding carboxylic acids is 2. The third-order valence-electron chi connectivity index (χ3n) is 3.23. The van der Waals surface area contributed by atoms with E-state index in [0.29, 0.717) is 24.5 Å². The Labute approximate surface area is 145 Å². The Balaban J connectivity index is 2.22. The lowest BCUT2D eigenvalue weighted by Crippen LogP contribution is -2.30. The number of hydrogen-bond donors (Lipinski definition) is 3. The summed E-state index contributed by atoms with van der Waals surface area (Å²) in [6, 6.07) is 10.8. The normalized spacial score (nSPS) is 10.2. The number of aromatic amines is 1. The molecule has 0 atom stereocenters. The standard InChI is InChI=1S/C17H20ClN3O3/c1-2-24-16(22)15-14(21-17(23)19-10-6-9-18)11-13(20-15)12-7-4-3-5-8-12/h3-5,7-8,11,20H,2,6,9-10H2,1H3,(H2,19,21,23). The Kier molecular flexibility index (Phi) is 6.69. The Morgan fingerprint density at radius 2 is 2.00 bits per heavy atom. The molecular weight excluding hydrogens is 330 g/mol. The van der Waals surface area contributed by atoms with Crippen LogP contribution < -0.4 is 10.6 Å². The lowest BCUT2D eigenvalue weighted by atomic mass is 10.1. The van der Waals surface area contributed by atoms with Gasteiger partial charge in [-0.2, -0.15) is 0 Å². The summed E-state index contributed by atoms with van der Waals surface area (Å²) >= 11 is 5.58. The highest BCUT2D eigenvalue weighted by molar-refractivity contribution is 6.17. The van der Waals surface area contributed by atoms with Crippen LogP contribution in [0.25, 0.3) is 11.3 Å². The summed E-state index contributed by atoms with van der Waals surface area (Å²) in [4.78, 5) is 27.1. The number of rotatable bonds is 7. The molecule has 0 bridgehead atoms. The van der Waals surface area contributed by atoms with Crippen LogP contribution in [0.3, 0.4) is 0 Å². The summed E-state index contributed by atoms with van der Waals surface area (Å²) in [5.41, 5.74) is 2.20. The first kappa shape index (κ1) is 17.9. The van der Waals surface area contributed by atoms with Crippen molar-refractivity contribution in [1.29, 1.82) is 0 Å². The van der Waals surface area contributed by atoms with Gasteiger partial charge in [-0.15, -0.1) is 11.6 Å². The highest BCUT2D eigenvalue weighted by Crippen LogP contribution is 2.26. The number of aromatic nitrogens is 1. The lowest BCUT2D eigenvalue weighted by Gasteiger charge is -2.07. The van der Waals surface area contributed by atoms with Crippen LogP contribution >= 0.6 is 11.6 Å². The zero-order valence-corrected chi connectivity index (χ0v) is 14.2. The van der Waals surface area contributed by atoms with E-state index < -0.39 is 12.0 Å². The van der Waals surface area contributed by atoms with Gasteiger partial charge in [0.2, 0.25) is 0 Å². The van der Waals surface area contributed by atoms with Crippen molar-refractivity contribution in [2.24, 2.45) is 0 Å². The molecule has 0 aliphatic rings. The van der Waals surface area contributed by atoms with E-state index in [4.69, 9.17) is 16.3 Å². The number of anilines is 1. The van der Waals surface area contributed by atoms with E-state index in [0.717, 1.165) is 11.3 Å². The van der Waals surface area contributed by atoms with E-state index in [1.54, 1.807) is 13.0 Å². The molecule has 2 rings (SSSR count). The first-order valence-corrected chi connectivity index (χ1v) is 8.25. The zero-order chi connectivity index (χ0) is 17.4. The molecule has 7 heteroatoms. The van der Waals surface area contributed by atoms with Crippen LogP contribution in [0, 0.1) is 0 Å². The van der Waals surface area contributed by atoms with Crippen molar-refractivity contribution in [1.82, 2.24) is 10.3 Å². The second kappa shape index (κ2) is 8.98. The Bertz CT molecular complexity index is 686. The molecule has 0 saturated carbocycles. The number of nitrogens with one attached hydrogen (secondary N) is 3. The molecule has 0 spiro atoms. The van der Waals surface area contributed by atoms with E-state index in [-0.39, 0.29) is 12.3 Å². The van der Waals surface area contributed by atoms with Gasteiger partial charge in [-0.1, -0.05) is 30.3 Å². The molecule has 2 aromatic rings. The summed E-state index contributed by atoms with van der Waals surface area (Å²) < 4.78 is 5.04. The van der Waals surface area contributed by atoms with Gasteiger partial charge in [0.05, 0.1) is 12.3 Å². The molecule has 0 radical (unpaired) electrons. The van der Waals surface area contributed by atoms with E-state index in [1.807, 2.05) is 30.3 Å². The fourth-order valence-corrected chi connectivity index (χ4v) is 2.26. The van der Waals surface area contributed by atoms with Gasteiger partial charge in [0.15, 0.2) is 0 Å². The molecule has 0 unspecified atom stereocenters. The predicted molar refractivity (Wildman–Crippen MR) is 94.5 cm³/mol. The third kappa shape index (κ3) is 4.76. The van der Waals surface area contributed by atoms with Crippen molar-refractivity contribution in [3.8, 4) is 11.3 Å². The maximum atomic E-state index is 12.1. The zero-order valence-electron chi connectivity index (χ0n) is 13.4. The van der Waals surface area contributed by atoms with Crippen LogP contribution in [0.4, 0.5) is 10.5 Å². The van der Waals surface area contributed by atoms with E-state index in [2.05, 4.69) is 15.6 Å². The molecular formula is C17H20ClN3O3. The molecule has 6 nitrogen and oxygen atoms in total. The number of hydrogen-bond acceptors (Lipinski definition) is 3. The smallest absolute Gasteiger partial charge is 0.356 e. The molecule has 3 N–H and O–H groups in total. The average Bonchev–Trinajstić information content (AvgIpc) is 3.00. The van der Waals surface area contributed by atoms with Crippen LogP contribution in [0.2, 0.25) is 0 Å². The Morgan fingerprint density at radius 3 is 2.67 bits per heavy atom. The van der Waals surface area contributed by atoms with Gasteiger partial charge in [0.25, 0.3) is 0 Å². The molecule has 128 valence electrons. The predicted octanol–water partition coefficient (Wildman–Crippen LogP) is 3.61. The number of amides is 2. The largest absolute Gasteiger partial charge is 0.461 e. The van der Waals surface area contributed by atoms with Crippen molar-refractivity contribution in [2.75, 3.05) is 24.3 Å². The quantitative estimate of drug-likeness (QED) is 0.405. The second-order valence-corrected chi connectivity index (χ2v) is 5.36. The number of halogens is 1. The van der Waals surface area contributed by atoms with Gasteiger partial charge in [0.1, 0.15) is 5.69 Å². The number of ether oxygens (including phenoxy) is 1. The Hall–Kier alpha value is -2.47. The minimum absolute atomic E-state index is 0.211. The minimum atomic E-state index is -0.518. The molecule has 1 aromatic carbocycles. The molecule has 0 fully saturated rings. The summed E-state index contributed by atoms with van der Waals surface area (Å²) in [7, 11) is 0. The fraction of sp³-hybridized carbons (Fsp3) is 0.294. The highest BCUT2D eigenvalue weighted by atomic mass is 35.5. The third-order valence-corrected chi connectivity index (χ3v) is 3.49. The number of H-pyrrole nitrogens is 1. The van der Waals surface area contributed by atoms with Crippen LogP contribution in [-0.4, -0.2) is 36.0 Å². The summed E-state index contributed by atoms with van der Waals surface area (Å²) in [6.45, 7) is 2.44. The van der Waals surface area contributed by atoms with E-state index in [1.165, 1.54) is 0 Å². The van der Waals surface area contributed by atoms with Gasteiger partial charge in [-0.3, -0.25) is 0 Å². The minimum Gasteiger partial charge on any atom is -0.461 e. The number of urea groups is 1. The van der Waals surface area contributed by atoms with Crippen molar-refractivity contribution >= 4 is 29.3 Å². The monoisotopic (exact) mass is 349 g/mol. The molecule has 0 aliphatic carbocycles. The fourth-order valence-electron chi connectivity index (χ4n) is 2.13. The topological polar surface area (TPSA) is 83.2 Å². The van der Waals surface area contributed by atoms with E-state index >= 15 is 0 Å². The van der Waals surface area contributed by atoms with Crippen molar-refractivity contribution < 1.29 is 14.3 Å². The number of alkyl halides is 1. The van der Waals surface area contributed by atoms with E-state index in [9.17, 15) is 9.59 Å². The maximum Gasteiger partial charge on any atom is 0.356 e. The van der Waals surface area contributed by atoms with Gasteiger partial charge in [-0.05, 0) is 25.0 Å². The van der Waals surface area contributed by atoms with Crippen LogP contribution in [0.15, 0.2) is 36.4 Å². The molecule has 1 aromatic heterocycles. The van der Waals surface area contributed by atoms with Crippen molar-refractivity contribution in [2.45, 2.75) is 13.3 Å². The van der Waals surface area contributed by atoms with Gasteiger partial charge in [0, 0.05) is 18.1 Å². The molecule has 0 aliphatic heterocycles. The van der Waals surface area contributed by atoms with Gasteiger partial charge >= 0.3 is 12.0 Å². The van der Waals surface area contributed by atoms with Crippen LogP contribution in [-0.2, 0) is 4.74 Å². The summed E-state index contributed by atoms with van der Waals surface area (Å²) in [5, 5.41) is 5.35. The number of carbonyl (C=O) groups is 2. The van der Waals surface area contributed by atoms with Gasteiger partial charge < -0.3 is 20.4 Å². The average molecular weight is 350 g/mol. The summed E-state index contributed by atoms with van der Waals surface area (Å²) in [5.74, 6) is -0.0489. The Morgan fingerprint density at radius 1 is 1.25 bits per heavy atom. The molecule has 24 heavy (non-hydrogen) atoms. The number of benzene rings is 1.